The number of rotatable bonds is 5. The Morgan fingerprint density at radius 2 is 1.89 bits per heavy atom. The van der Waals surface area contributed by atoms with Crippen LogP contribution in [0.25, 0.3) is 16.9 Å². The zero-order chi connectivity index (χ0) is 19.5. The molecule has 28 heavy (non-hydrogen) atoms. The van der Waals surface area contributed by atoms with E-state index in [4.69, 9.17) is 0 Å². The van der Waals surface area contributed by atoms with Gasteiger partial charge in [-0.2, -0.15) is 0 Å². The van der Waals surface area contributed by atoms with Crippen molar-refractivity contribution in [2.45, 2.75) is 12.1 Å². The van der Waals surface area contributed by atoms with E-state index in [0.29, 0.717) is 10.8 Å². The van der Waals surface area contributed by atoms with Gasteiger partial charge in [0.2, 0.25) is 5.91 Å². The average Bonchev–Trinajstić information content (AvgIpc) is 3.09. The van der Waals surface area contributed by atoms with Gasteiger partial charge in [0.1, 0.15) is 0 Å². The molecule has 2 aromatic heterocycles. The van der Waals surface area contributed by atoms with Crippen LogP contribution < -0.4 is 10.9 Å². The Hall–Kier alpha value is -3.39. The maximum Gasteiger partial charge on any atom is 0.278 e. The second-order valence-electron chi connectivity index (χ2n) is 6.17. The molecule has 7 nitrogen and oxygen atoms in total. The van der Waals surface area contributed by atoms with Gasteiger partial charge in [-0.3, -0.25) is 14.2 Å². The standard InChI is InChI=1S/C20H17N5O2S/c1-13-7-9-14(10-8-13)23-16(26)11-28-20-24-17-18(21-12-22-19(17)27)25(20)15-5-3-2-4-6-15/h2-10,12H,11H2,1H3,(H,23,26)(H,21,22,27). The lowest BCUT2D eigenvalue weighted by atomic mass is 10.2. The summed E-state index contributed by atoms with van der Waals surface area (Å²) in [6.07, 6.45) is 1.35. The molecule has 8 heteroatoms. The largest absolute Gasteiger partial charge is 0.325 e. The molecule has 0 fully saturated rings. The molecule has 0 aliphatic carbocycles. The third kappa shape index (κ3) is 3.67. The van der Waals surface area contributed by atoms with Crippen LogP contribution in [0.3, 0.4) is 0 Å². The molecule has 0 bridgehead atoms. The van der Waals surface area contributed by atoms with Gasteiger partial charge in [-0.25, -0.2) is 9.97 Å². The van der Waals surface area contributed by atoms with Gasteiger partial charge in [-0.1, -0.05) is 47.7 Å². The first kappa shape index (κ1) is 18.0. The predicted octanol–water partition coefficient (Wildman–Crippen LogP) is 3.15. The fourth-order valence-electron chi connectivity index (χ4n) is 2.75. The number of aromatic nitrogens is 4. The highest BCUT2D eigenvalue weighted by atomic mass is 32.2. The van der Waals surface area contributed by atoms with E-state index in [0.717, 1.165) is 16.9 Å². The molecular formula is C20H17N5O2S. The predicted molar refractivity (Wildman–Crippen MR) is 110 cm³/mol. The monoisotopic (exact) mass is 391 g/mol. The highest BCUT2D eigenvalue weighted by Crippen LogP contribution is 2.25. The summed E-state index contributed by atoms with van der Waals surface area (Å²) < 4.78 is 1.79. The van der Waals surface area contributed by atoms with Crippen LogP contribution in [-0.4, -0.2) is 31.2 Å². The van der Waals surface area contributed by atoms with Crippen molar-refractivity contribution < 1.29 is 4.79 Å². The highest BCUT2D eigenvalue weighted by molar-refractivity contribution is 7.99. The Morgan fingerprint density at radius 3 is 2.64 bits per heavy atom. The summed E-state index contributed by atoms with van der Waals surface area (Å²) in [5.41, 5.74) is 3.08. The Balaban J connectivity index is 1.61. The van der Waals surface area contributed by atoms with Crippen LogP contribution in [0, 0.1) is 6.92 Å². The summed E-state index contributed by atoms with van der Waals surface area (Å²) in [5.74, 6) is 0.00413. The molecule has 0 aliphatic heterocycles. The van der Waals surface area contributed by atoms with Gasteiger partial charge in [0.15, 0.2) is 16.3 Å². The molecule has 0 unspecified atom stereocenters. The second kappa shape index (κ2) is 7.69. The summed E-state index contributed by atoms with van der Waals surface area (Å²) >= 11 is 1.25. The van der Waals surface area contributed by atoms with Crippen molar-refractivity contribution in [2.75, 3.05) is 11.1 Å². The molecule has 0 atom stereocenters. The number of nitrogens with zero attached hydrogens (tertiary/aromatic N) is 3. The highest BCUT2D eigenvalue weighted by Gasteiger charge is 2.17. The van der Waals surface area contributed by atoms with Crippen LogP contribution in [-0.2, 0) is 4.79 Å². The van der Waals surface area contributed by atoms with E-state index < -0.39 is 0 Å². The van der Waals surface area contributed by atoms with Crippen molar-refractivity contribution in [1.29, 1.82) is 0 Å². The van der Waals surface area contributed by atoms with Crippen LogP contribution in [0.4, 0.5) is 5.69 Å². The smallest absolute Gasteiger partial charge is 0.278 e. The minimum Gasteiger partial charge on any atom is -0.325 e. The van der Waals surface area contributed by atoms with Gasteiger partial charge in [0.05, 0.1) is 12.1 Å². The molecule has 4 rings (SSSR count). The van der Waals surface area contributed by atoms with Crippen molar-refractivity contribution in [1.82, 2.24) is 19.5 Å². The zero-order valence-electron chi connectivity index (χ0n) is 15.0. The van der Waals surface area contributed by atoms with Crippen LogP contribution in [0.1, 0.15) is 5.56 Å². The number of aryl methyl sites for hydroxylation is 1. The van der Waals surface area contributed by atoms with Gasteiger partial charge in [-0.05, 0) is 31.2 Å². The molecule has 4 aromatic rings. The van der Waals surface area contributed by atoms with Crippen molar-refractivity contribution >= 4 is 34.5 Å². The molecule has 2 aromatic carbocycles. The fraction of sp³-hybridized carbons (Fsp3) is 0.100. The first-order valence-corrected chi connectivity index (χ1v) is 9.61. The molecule has 2 N–H and O–H groups in total. The quantitative estimate of drug-likeness (QED) is 0.510. The molecule has 0 aliphatic rings. The number of benzene rings is 2. The van der Waals surface area contributed by atoms with E-state index in [2.05, 4.69) is 20.3 Å². The third-order valence-corrected chi connectivity index (χ3v) is 5.04. The summed E-state index contributed by atoms with van der Waals surface area (Å²) in [5, 5.41) is 3.40. The number of fused-ring (bicyclic) bond motifs is 1. The Kier molecular flexibility index (Phi) is 4.94. The molecule has 0 saturated heterocycles. The van der Waals surface area contributed by atoms with Crippen molar-refractivity contribution in [3.8, 4) is 5.69 Å². The minimum atomic E-state index is -0.314. The number of anilines is 1. The lowest BCUT2D eigenvalue weighted by Crippen LogP contribution is -2.14. The summed E-state index contributed by atoms with van der Waals surface area (Å²) in [4.78, 5) is 35.7. The lowest BCUT2D eigenvalue weighted by molar-refractivity contribution is -0.113. The molecule has 0 spiro atoms. The van der Waals surface area contributed by atoms with Crippen LogP contribution in [0.15, 0.2) is 70.9 Å². The number of amides is 1. The normalized spacial score (nSPS) is 10.9. The van der Waals surface area contributed by atoms with Crippen molar-refractivity contribution in [3.05, 3.63) is 76.8 Å². The number of hydrogen-bond donors (Lipinski definition) is 2. The topological polar surface area (TPSA) is 92.7 Å². The summed E-state index contributed by atoms with van der Waals surface area (Å²) in [6.45, 7) is 1.99. The average molecular weight is 391 g/mol. The van der Waals surface area contributed by atoms with E-state index in [1.165, 1.54) is 18.1 Å². The maximum atomic E-state index is 12.3. The first-order valence-electron chi connectivity index (χ1n) is 8.63. The van der Waals surface area contributed by atoms with Gasteiger partial charge in [0, 0.05) is 11.4 Å². The van der Waals surface area contributed by atoms with E-state index in [9.17, 15) is 9.59 Å². The van der Waals surface area contributed by atoms with Gasteiger partial charge >= 0.3 is 0 Å². The van der Waals surface area contributed by atoms with Crippen molar-refractivity contribution in [2.24, 2.45) is 0 Å². The number of aromatic amines is 1. The Labute approximate surface area is 164 Å². The number of hydrogen-bond acceptors (Lipinski definition) is 5. The number of carbonyl (C=O) groups is 1. The molecule has 2 heterocycles. The summed E-state index contributed by atoms with van der Waals surface area (Å²) in [6, 6.07) is 17.1. The number of nitrogens with one attached hydrogen (secondary N) is 2. The number of para-hydroxylation sites is 1. The van der Waals surface area contributed by atoms with E-state index in [1.807, 2.05) is 61.5 Å². The number of imidazole rings is 1. The van der Waals surface area contributed by atoms with Crippen LogP contribution >= 0.6 is 11.8 Å². The maximum absolute atomic E-state index is 12.3. The zero-order valence-corrected chi connectivity index (χ0v) is 15.9. The van der Waals surface area contributed by atoms with Crippen LogP contribution in [0.2, 0.25) is 0 Å². The first-order chi connectivity index (χ1) is 13.6. The molecule has 0 saturated carbocycles. The Morgan fingerprint density at radius 1 is 1.14 bits per heavy atom. The van der Waals surface area contributed by atoms with E-state index in [-0.39, 0.29) is 22.7 Å². The molecule has 0 radical (unpaired) electrons. The number of H-pyrrole nitrogens is 1. The second-order valence-corrected chi connectivity index (χ2v) is 7.11. The lowest BCUT2D eigenvalue weighted by Gasteiger charge is -2.08. The number of thioether (sulfide) groups is 1. The van der Waals surface area contributed by atoms with Gasteiger partial charge in [0.25, 0.3) is 5.56 Å². The van der Waals surface area contributed by atoms with Crippen molar-refractivity contribution in [3.63, 3.8) is 0 Å². The molecule has 140 valence electrons. The SMILES string of the molecule is Cc1ccc(NC(=O)CSc2nc3c(=O)[nH]cnc3n2-c2ccccc2)cc1. The van der Waals surface area contributed by atoms with E-state index >= 15 is 0 Å². The van der Waals surface area contributed by atoms with E-state index in [1.54, 1.807) is 4.57 Å². The van der Waals surface area contributed by atoms with Crippen LogP contribution in [0.5, 0.6) is 0 Å². The minimum absolute atomic E-state index is 0.151. The summed E-state index contributed by atoms with van der Waals surface area (Å²) in [7, 11) is 0. The fourth-order valence-corrected chi connectivity index (χ4v) is 3.56. The third-order valence-electron chi connectivity index (χ3n) is 4.10. The molecule has 1 amide bonds. The van der Waals surface area contributed by atoms with Gasteiger partial charge < -0.3 is 10.3 Å². The van der Waals surface area contributed by atoms with Gasteiger partial charge in [-0.15, -0.1) is 0 Å². The Bertz CT molecular complexity index is 1180. The number of carbonyl (C=O) groups excluding carboxylic acids is 1. The molecular weight excluding hydrogens is 374 g/mol.